The monoisotopic (exact) mass is 514 g/mol. The first-order chi connectivity index (χ1) is 17.8. The molecule has 1 aromatic heterocycles. The molecule has 0 fully saturated rings. The first-order valence-corrected chi connectivity index (χ1v) is 12.9. The van der Waals surface area contributed by atoms with E-state index in [1.54, 1.807) is 6.33 Å². The summed E-state index contributed by atoms with van der Waals surface area (Å²) in [5.41, 5.74) is 6.24. The van der Waals surface area contributed by atoms with Crippen LogP contribution in [0.15, 0.2) is 73.1 Å². The van der Waals surface area contributed by atoms with Crippen LogP contribution in [0.3, 0.4) is 0 Å². The number of hydrogen-bond acceptors (Lipinski definition) is 5. The Morgan fingerprint density at radius 2 is 1.68 bits per heavy atom. The number of benzene rings is 3. The van der Waals surface area contributed by atoms with Gasteiger partial charge in [-0.05, 0) is 61.9 Å². The maximum absolute atomic E-state index is 12.0. The molecule has 37 heavy (non-hydrogen) atoms. The van der Waals surface area contributed by atoms with Crippen LogP contribution in [0.1, 0.15) is 37.5 Å². The minimum absolute atomic E-state index is 0.00283. The van der Waals surface area contributed by atoms with Crippen molar-refractivity contribution in [3.05, 3.63) is 94.8 Å². The molecule has 1 aliphatic carbocycles. The molecule has 0 spiro atoms. The predicted molar refractivity (Wildman–Crippen MR) is 146 cm³/mol. The molecule has 4 aromatic rings. The number of carbonyl (C=O) groups is 1. The van der Waals surface area contributed by atoms with Crippen LogP contribution >= 0.6 is 11.6 Å². The van der Waals surface area contributed by atoms with Gasteiger partial charge in [-0.2, -0.15) is 0 Å². The number of aromatic nitrogens is 3. The maximum Gasteiger partial charge on any atom is 0.313 e. The quantitative estimate of drug-likeness (QED) is 0.303. The molecular weight excluding hydrogens is 484 g/mol. The Bertz CT molecular complexity index is 1380. The third kappa shape index (κ3) is 5.76. The van der Waals surface area contributed by atoms with Gasteiger partial charge in [-0.15, -0.1) is 5.10 Å². The van der Waals surface area contributed by atoms with Crippen LogP contribution in [0.25, 0.3) is 22.5 Å². The summed E-state index contributed by atoms with van der Waals surface area (Å²) in [6.07, 6.45) is 3.71. The number of halogens is 1. The highest BCUT2D eigenvalue weighted by Crippen LogP contribution is 2.35. The third-order valence-corrected chi connectivity index (χ3v) is 7.03. The summed E-state index contributed by atoms with van der Waals surface area (Å²) in [5, 5.41) is 8.74. The van der Waals surface area contributed by atoms with Crippen molar-refractivity contribution in [1.29, 1.82) is 0 Å². The van der Waals surface area contributed by atoms with Crippen molar-refractivity contribution in [3.8, 4) is 22.5 Å². The van der Waals surface area contributed by atoms with Crippen LogP contribution in [-0.4, -0.2) is 26.8 Å². The molecule has 1 aliphatic rings. The topological polar surface area (TPSA) is 69.0 Å². The summed E-state index contributed by atoms with van der Waals surface area (Å²) in [6.45, 7) is 6.26. The SMILES string of the molecule is CC(C)(C)C(=O)OCn1cnc(-c2cccc(-c3ccc(CNC4Cc5ccccc5C4)cc3)c2Cl)n1. The highest BCUT2D eigenvalue weighted by Gasteiger charge is 2.23. The summed E-state index contributed by atoms with van der Waals surface area (Å²) in [5.74, 6) is 0.189. The Hall–Kier alpha value is -3.48. The average Bonchev–Trinajstić information content (AvgIpc) is 3.53. The highest BCUT2D eigenvalue weighted by molar-refractivity contribution is 6.36. The number of fused-ring (bicyclic) bond motifs is 1. The van der Waals surface area contributed by atoms with Crippen LogP contribution in [0.4, 0.5) is 0 Å². The summed E-state index contributed by atoms with van der Waals surface area (Å²) in [7, 11) is 0. The fourth-order valence-electron chi connectivity index (χ4n) is 4.52. The van der Waals surface area contributed by atoms with E-state index in [9.17, 15) is 4.79 Å². The second-order valence-corrected chi connectivity index (χ2v) is 10.9. The molecule has 1 heterocycles. The van der Waals surface area contributed by atoms with Crippen molar-refractivity contribution in [3.63, 3.8) is 0 Å². The number of carbonyl (C=O) groups excluding carboxylic acids is 1. The fraction of sp³-hybridized carbons (Fsp3) is 0.300. The van der Waals surface area contributed by atoms with Crippen LogP contribution in [0, 0.1) is 5.41 Å². The molecule has 7 heteroatoms. The second-order valence-electron chi connectivity index (χ2n) is 10.5. The van der Waals surface area contributed by atoms with Crippen molar-refractivity contribution in [2.45, 2.75) is 52.9 Å². The normalized spacial score (nSPS) is 13.5. The summed E-state index contributed by atoms with van der Waals surface area (Å²) in [6, 6.07) is 23.5. The second kappa shape index (κ2) is 10.5. The number of esters is 1. The average molecular weight is 515 g/mol. The molecule has 0 atom stereocenters. The van der Waals surface area contributed by atoms with E-state index in [0.717, 1.165) is 36.1 Å². The lowest BCUT2D eigenvalue weighted by atomic mass is 9.98. The zero-order valence-corrected chi connectivity index (χ0v) is 22.1. The van der Waals surface area contributed by atoms with Gasteiger partial charge in [0.05, 0.1) is 10.4 Å². The molecule has 0 bridgehead atoms. The zero-order chi connectivity index (χ0) is 26.0. The molecule has 190 valence electrons. The number of nitrogens with one attached hydrogen (secondary N) is 1. The Morgan fingerprint density at radius 3 is 2.35 bits per heavy atom. The van der Waals surface area contributed by atoms with Gasteiger partial charge in [0.25, 0.3) is 0 Å². The summed E-state index contributed by atoms with van der Waals surface area (Å²) in [4.78, 5) is 16.4. The molecule has 3 aromatic carbocycles. The highest BCUT2D eigenvalue weighted by atomic mass is 35.5. The van der Waals surface area contributed by atoms with Gasteiger partial charge in [0.15, 0.2) is 12.6 Å². The van der Waals surface area contributed by atoms with E-state index in [1.165, 1.54) is 21.4 Å². The Balaban J connectivity index is 1.24. The molecule has 0 aliphatic heterocycles. The summed E-state index contributed by atoms with van der Waals surface area (Å²) >= 11 is 6.82. The molecule has 0 saturated carbocycles. The van der Waals surface area contributed by atoms with E-state index in [4.69, 9.17) is 16.3 Å². The zero-order valence-electron chi connectivity index (χ0n) is 21.4. The van der Waals surface area contributed by atoms with Gasteiger partial charge in [0.1, 0.15) is 6.33 Å². The predicted octanol–water partition coefficient (Wildman–Crippen LogP) is 6.07. The van der Waals surface area contributed by atoms with E-state index in [1.807, 2.05) is 39.0 Å². The molecule has 0 unspecified atom stereocenters. The van der Waals surface area contributed by atoms with Crippen molar-refractivity contribution >= 4 is 17.6 Å². The van der Waals surface area contributed by atoms with Crippen LogP contribution in [-0.2, 0) is 35.6 Å². The minimum atomic E-state index is -0.574. The molecule has 1 N–H and O–H groups in total. The van der Waals surface area contributed by atoms with Crippen LogP contribution in [0.2, 0.25) is 5.02 Å². The van der Waals surface area contributed by atoms with Gasteiger partial charge >= 0.3 is 5.97 Å². The van der Waals surface area contributed by atoms with Gasteiger partial charge in [-0.25, -0.2) is 9.67 Å². The number of nitrogens with zero attached hydrogens (tertiary/aromatic N) is 3. The largest absolute Gasteiger partial charge is 0.442 e. The first kappa shape index (κ1) is 25.2. The lowest BCUT2D eigenvalue weighted by molar-refractivity contribution is -0.157. The third-order valence-electron chi connectivity index (χ3n) is 6.63. The lowest BCUT2D eigenvalue weighted by Crippen LogP contribution is -2.28. The van der Waals surface area contributed by atoms with Crippen molar-refractivity contribution in [2.24, 2.45) is 5.41 Å². The summed E-state index contributed by atoms with van der Waals surface area (Å²) < 4.78 is 6.82. The molecule has 6 nitrogen and oxygen atoms in total. The van der Waals surface area contributed by atoms with Crippen molar-refractivity contribution in [1.82, 2.24) is 20.1 Å². The van der Waals surface area contributed by atoms with Crippen LogP contribution < -0.4 is 5.32 Å². The van der Waals surface area contributed by atoms with Gasteiger partial charge in [0.2, 0.25) is 0 Å². The lowest BCUT2D eigenvalue weighted by Gasteiger charge is -2.16. The molecule has 0 amide bonds. The number of hydrogen-bond donors (Lipinski definition) is 1. The van der Waals surface area contributed by atoms with Gasteiger partial charge in [-0.3, -0.25) is 4.79 Å². The molecule has 5 rings (SSSR count). The Labute approximate surface area is 222 Å². The first-order valence-electron chi connectivity index (χ1n) is 12.5. The van der Waals surface area contributed by atoms with Gasteiger partial charge in [0, 0.05) is 23.7 Å². The maximum atomic E-state index is 12.0. The minimum Gasteiger partial charge on any atom is -0.442 e. The number of rotatable bonds is 7. The van der Waals surface area contributed by atoms with Crippen LogP contribution in [0.5, 0.6) is 0 Å². The van der Waals surface area contributed by atoms with E-state index in [0.29, 0.717) is 16.9 Å². The fourth-order valence-corrected chi connectivity index (χ4v) is 4.84. The van der Waals surface area contributed by atoms with Crippen molar-refractivity contribution < 1.29 is 9.53 Å². The van der Waals surface area contributed by atoms with E-state index >= 15 is 0 Å². The van der Waals surface area contributed by atoms with E-state index in [-0.39, 0.29) is 12.7 Å². The molecular formula is C30H31ClN4O2. The smallest absolute Gasteiger partial charge is 0.313 e. The Morgan fingerprint density at radius 1 is 1.00 bits per heavy atom. The van der Waals surface area contributed by atoms with E-state index in [2.05, 4.69) is 63.9 Å². The molecule has 0 radical (unpaired) electrons. The Kier molecular flexibility index (Phi) is 7.13. The van der Waals surface area contributed by atoms with E-state index < -0.39 is 5.41 Å². The molecule has 0 saturated heterocycles. The van der Waals surface area contributed by atoms with Gasteiger partial charge in [-0.1, -0.05) is 72.3 Å². The standard InChI is InChI=1S/C30H31ClN4O2/c1-30(2,3)29(36)37-19-35-18-33-28(34-35)26-10-6-9-25(27(26)31)21-13-11-20(12-14-21)17-32-24-15-22-7-4-5-8-23(22)16-24/h4-14,18,24,32H,15-17,19H2,1-3H3. The number of ether oxygens (including phenoxy) is 1. The van der Waals surface area contributed by atoms with Crippen molar-refractivity contribution in [2.75, 3.05) is 0 Å². The van der Waals surface area contributed by atoms with Gasteiger partial charge < -0.3 is 10.1 Å².